The van der Waals surface area contributed by atoms with Crippen LogP contribution in [0, 0.1) is 5.82 Å². The van der Waals surface area contributed by atoms with Crippen molar-refractivity contribution in [2.75, 3.05) is 5.32 Å². The van der Waals surface area contributed by atoms with Gasteiger partial charge in [0.1, 0.15) is 5.82 Å². The van der Waals surface area contributed by atoms with E-state index in [4.69, 9.17) is 11.6 Å². The molecule has 92 valence electrons. The molecule has 2 rings (SSSR count). The van der Waals surface area contributed by atoms with E-state index in [0.29, 0.717) is 16.3 Å². The predicted octanol–water partition coefficient (Wildman–Crippen LogP) is 4.49. The van der Waals surface area contributed by atoms with Gasteiger partial charge in [0.2, 0.25) is 0 Å². The Morgan fingerprint density at radius 2 is 2.00 bits per heavy atom. The van der Waals surface area contributed by atoms with Crippen molar-refractivity contribution in [3.8, 4) is 0 Å². The van der Waals surface area contributed by atoms with Crippen LogP contribution in [0.3, 0.4) is 0 Å². The molecule has 0 fully saturated rings. The number of hydrogen-bond acceptors (Lipinski definition) is 1. The second kappa shape index (κ2) is 5.50. The third kappa shape index (κ3) is 3.09. The summed E-state index contributed by atoms with van der Waals surface area (Å²) in [6.45, 7) is 0. The summed E-state index contributed by atoms with van der Waals surface area (Å²) in [4.78, 5) is 11.9. The zero-order chi connectivity index (χ0) is 13.1. The molecule has 0 heterocycles. The van der Waals surface area contributed by atoms with Gasteiger partial charge in [0, 0.05) is 16.3 Å². The van der Waals surface area contributed by atoms with Gasteiger partial charge in [-0.1, -0.05) is 17.7 Å². The Morgan fingerprint density at radius 3 is 2.67 bits per heavy atom. The Morgan fingerprint density at radius 1 is 1.22 bits per heavy atom. The molecule has 2 aromatic rings. The van der Waals surface area contributed by atoms with Crippen molar-refractivity contribution in [3.63, 3.8) is 0 Å². The Bertz CT molecular complexity index is 603. The van der Waals surface area contributed by atoms with Gasteiger partial charge >= 0.3 is 0 Å². The van der Waals surface area contributed by atoms with Crippen LogP contribution in [-0.4, -0.2) is 5.91 Å². The van der Waals surface area contributed by atoms with E-state index in [2.05, 4.69) is 21.2 Å². The normalized spacial score (nSPS) is 10.2. The van der Waals surface area contributed by atoms with Gasteiger partial charge in [-0.2, -0.15) is 0 Å². The Hall–Kier alpha value is -1.39. The lowest BCUT2D eigenvalue weighted by molar-refractivity contribution is 0.102. The van der Waals surface area contributed by atoms with Gasteiger partial charge in [-0.25, -0.2) is 4.39 Å². The highest BCUT2D eigenvalue weighted by Gasteiger charge is 2.08. The van der Waals surface area contributed by atoms with Gasteiger partial charge in [0.15, 0.2) is 0 Å². The SMILES string of the molecule is O=C(Nc1cccc(Cl)c1)c1ccc(F)c(Br)c1. The van der Waals surface area contributed by atoms with Crippen LogP contribution in [0.5, 0.6) is 0 Å². The average Bonchev–Trinajstić information content (AvgIpc) is 2.32. The van der Waals surface area contributed by atoms with Crippen molar-refractivity contribution in [2.24, 2.45) is 0 Å². The van der Waals surface area contributed by atoms with Crippen LogP contribution < -0.4 is 5.32 Å². The van der Waals surface area contributed by atoms with Gasteiger partial charge in [-0.15, -0.1) is 0 Å². The smallest absolute Gasteiger partial charge is 0.255 e. The van der Waals surface area contributed by atoms with Crippen molar-refractivity contribution in [1.82, 2.24) is 0 Å². The van der Waals surface area contributed by atoms with E-state index in [9.17, 15) is 9.18 Å². The molecule has 18 heavy (non-hydrogen) atoms. The van der Waals surface area contributed by atoms with Crippen LogP contribution in [0.15, 0.2) is 46.9 Å². The molecule has 2 nitrogen and oxygen atoms in total. The lowest BCUT2D eigenvalue weighted by Gasteiger charge is -2.06. The number of carbonyl (C=O) groups excluding carboxylic acids is 1. The summed E-state index contributed by atoms with van der Waals surface area (Å²) in [5.74, 6) is -0.729. The van der Waals surface area contributed by atoms with E-state index in [1.807, 2.05) is 0 Å². The molecular weight excluding hydrogens is 321 g/mol. The van der Waals surface area contributed by atoms with Gasteiger partial charge in [-0.05, 0) is 52.3 Å². The molecule has 0 spiro atoms. The van der Waals surface area contributed by atoms with Crippen molar-refractivity contribution < 1.29 is 9.18 Å². The summed E-state index contributed by atoms with van der Waals surface area (Å²) in [6.07, 6.45) is 0. The number of amides is 1. The van der Waals surface area contributed by atoms with E-state index in [0.717, 1.165) is 0 Å². The van der Waals surface area contributed by atoms with Gasteiger partial charge in [0.05, 0.1) is 4.47 Å². The lowest BCUT2D eigenvalue weighted by Crippen LogP contribution is -2.11. The number of halogens is 3. The molecule has 0 aromatic heterocycles. The van der Waals surface area contributed by atoms with E-state index in [-0.39, 0.29) is 10.4 Å². The molecule has 1 amide bonds. The molecule has 0 aliphatic heterocycles. The first kappa shape index (κ1) is 13.1. The van der Waals surface area contributed by atoms with E-state index < -0.39 is 5.82 Å². The highest BCUT2D eigenvalue weighted by molar-refractivity contribution is 9.10. The Kier molecular flexibility index (Phi) is 3.99. The maximum absolute atomic E-state index is 13.0. The summed E-state index contributed by atoms with van der Waals surface area (Å²) < 4.78 is 13.3. The van der Waals surface area contributed by atoms with Crippen LogP contribution in [0.1, 0.15) is 10.4 Å². The van der Waals surface area contributed by atoms with Crippen molar-refractivity contribution in [3.05, 3.63) is 63.3 Å². The predicted molar refractivity (Wildman–Crippen MR) is 73.5 cm³/mol. The first-order chi connectivity index (χ1) is 8.56. The minimum absolute atomic E-state index is 0.251. The van der Waals surface area contributed by atoms with Crippen molar-refractivity contribution >= 4 is 39.1 Å². The van der Waals surface area contributed by atoms with Crippen LogP contribution in [-0.2, 0) is 0 Å². The highest BCUT2D eigenvalue weighted by Crippen LogP contribution is 2.19. The molecule has 0 saturated heterocycles. The minimum atomic E-state index is -0.408. The topological polar surface area (TPSA) is 29.1 Å². The summed E-state index contributed by atoms with van der Waals surface area (Å²) in [6, 6.07) is 10.9. The molecule has 0 bridgehead atoms. The zero-order valence-corrected chi connectivity index (χ0v) is 11.4. The molecule has 0 atom stereocenters. The van der Waals surface area contributed by atoms with Crippen LogP contribution in [0.2, 0.25) is 5.02 Å². The maximum Gasteiger partial charge on any atom is 0.255 e. The standard InChI is InChI=1S/C13H8BrClFNO/c14-11-6-8(4-5-12(11)16)13(18)17-10-3-1-2-9(15)7-10/h1-7H,(H,17,18). The number of hydrogen-bond donors (Lipinski definition) is 1. The summed E-state index contributed by atoms with van der Waals surface area (Å²) in [5.41, 5.74) is 0.955. The third-order valence-corrected chi connectivity index (χ3v) is 3.11. The van der Waals surface area contributed by atoms with Crippen molar-refractivity contribution in [1.29, 1.82) is 0 Å². The van der Waals surface area contributed by atoms with E-state index in [1.54, 1.807) is 24.3 Å². The first-order valence-corrected chi connectivity index (χ1v) is 6.25. The number of benzene rings is 2. The quantitative estimate of drug-likeness (QED) is 0.864. The molecule has 5 heteroatoms. The fourth-order valence-corrected chi connectivity index (χ4v) is 1.98. The fourth-order valence-electron chi connectivity index (χ4n) is 1.41. The monoisotopic (exact) mass is 327 g/mol. The maximum atomic E-state index is 13.0. The fraction of sp³-hybridized carbons (Fsp3) is 0. The van der Waals surface area contributed by atoms with Gasteiger partial charge < -0.3 is 5.32 Å². The summed E-state index contributed by atoms with van der Waals surface area (Å²) in [5, 5.41) is 3.21. The summed E-state index contributed by atoms with van der Waals surface area (Å²) in [7, 11) is 0. The number of nitrogens with one attached hydrogen (secondary N) is 1. The number of carbonyl (C=O) groups is 1. The van der Waals surface area contributed by atoms with E-state index in [1.165, 1.54) is 18.2 Å². The van der Waals surface area contributed by atoms with Crippen molar-refractivity contribution in [2.45, 2.75) is 0 Å². The number of rotatable bonds is 2. The number of anilines is 1. The summed E-state index contributed by atoms with van der Waals surface area (Å²) >= 11 is 8.85. The zero-order valence-electron chi connectivity index (χ0n) is 9.08. The van der Waals surface area contributed by atoms with Gasteiger partial charge in [0.25, 0.3) is 5.91 Å². The Balaban J connectivity index is 2.19. The second-order valence-corrected chi connectivity index (χ2v) is 4.88. The average molecular weight is 329 g/mol. The molecule has 0 radical (unpaired) electrons. The molecule has 0 unspecified atom stereocenters. The third-order valence-electron chi connectivity index (χ3n) is 2.26. The molecule has 0 saturated carbocycles. The van der Waals surface area contributed by atoms with Gasteiger partial charge in [-0.3, -0.25) is 4.79 Å². The second-order valence-electron chi connectivity index (χ2n) is 3.59. The first-order valence-electron chi connectivity index (χ1n) is 5.08. The van der Waals surface area contributed by atoms with Crippen LogP contribution in [0.4, 0.5) is 10.1 Å². The molecule has 0 aliphatic carbocycles. The van der Waals surface area contributed by atoms with Crippen LogP contribution >= 0.6 is 27.5 Å². The van der Waals surface area contributed by atoms with Crippen LogP contribution in [0.25, 0.3) is 0 Å². The molecular formula is C13H8BrClFNO. The largest absolute Gasteiger partial charge is 0.322 e. The Labute approximate surface area is 117 Å². The molecule has 2 aromatic carbocycles. The lowest BCUT2D eigenvalue weighted by atomic mass is 10.2. The molecule has 0 aliphatic rings. The highest BCUT2D eigenvalue weighted by atomic mass is 79.9. The molecule has 1 N–H and O–H groups in total. The minimum Gasteiger partial charge on any atom is -0.322 e. The van der Waals surface area contributed by atoms with E-state index >= 15 is 0 Å².